The van der Waals surface area contributed by atoms with Crippen molar-refractivity contribution >= 4 is 0 Å². The minimum atomic E-state index is -0.305. The highest BCUT2D eigenvalue weighted by molar-refractivity contribution is 4.94. The molecule has 23 heavy (non-hydrogen) atoms. The van der Waals surface area contributed by atoms with Gasteiger partial charge in [0.1, 0.15) is 0 Å². The molecule has 0 amide bonds. The number of rotatable bonds is 5. The summed E-state index contributed by atoms with van der Waals surface area (Å²) in [6, 6.07) is 0. The number of aliphatic hydroxyl groups is 1. The Bertz CT molecular complexity index is 357. The molecule has 134 valence electrons. The van der Waals surface area contributed by atoms with E-state index in [1.54, 1.807) is 0 Å². The Morgan fingerprint density at radius 1 is 0.783 bits per heavy atom. The van der Waals surface area contributed by atoms with Gasteiger partial charge in [0.15, 0.2) is 0 Å². The van der Waals surface area contributed by atoms with Crippen LogP contribution in [0.4, 0.5) is 0 Å². The molecule has 0 aromatic carbocycles. The van der Waals surface area contributed by atoms with E-state index in [2.05, 4.69) is 13.8 Å². The second-order valence-corrected chi connectivity index (χ2v) is 9.38. The van der Waals surface area contributed by atoms with Crippen molar-refractivity contribution in [3.05, 3.63) is 0 Å². The van der Waals surface area contributed by atoms with Crippen LogP contribution >= 0.6 is 0 Å². The van der Waals surface area contributed by atoms with Gasteiger partial charge in [-0.15, -0.1) is 0 Å². The van der Waals surface area contributed by atoms with Gasteiger partial charge < -0.3 is 5.11 Å². The van der Waals surface area contributed by atoms with Gasteiger partial charge in [-0.1, -0.05) is 46.0 Å². The Labute approximate surface area is 144 Å². The van der Waals surface area contributed by atoms with Crippen LogP contribution < -0.4 is 0 Å². The van der Waals surface area contributed by atoms with Crippen molar-refractivity contribution in [3.8, 4) is 0 Å². The lowest BCUT2D eigenvalue weighted by Crippen LogP contribution is -2.42. The van der Waals surface area contributed by atoms with Crippen LogP contribution in [-0.4, -0.2) is 10.7 Å². The molecular formula is C22H40O. The largest absolute Gasteiger partial charge is 0.390 e. The van der Waals surface area contributed by atoms with Crippen molar-refractivity contribution in [1.82, 2.24) is 0 Å². The first kappa shape index (κ1) is 17.8. The zero-order chi connectivity index (χ0) is 16.3. The minimum absolute atomic E-state index is 0.305. The summed E-state index contributed by atoms with van der Waals surface area (Å²) < 4.78 is 0. The smallest absolute Gasteiger partial charge is 0.0650 e. The molecule has 0 aromatic rings. The van der Waals surface area contributed by atoms with Crippen molar-refractivity contribution in [3.63, 3.8) is 0 Å². The van der Waals surface area contributed by atoms with Crippen molar-refractivity contribution < 1.29 is 5.11 Å². The fraction of sp³-hybridized carbons (Fsp3) is 1.00. The molecular weight excluding hydrogens is 280 g/mol. The lowest BCUT2D eigenvalue weighted by atomic mass is 9.59. The van der Waals surface area contributed by atoms with Gasteiger partial charge in [-0.25, -0.2) is 0 Å². The van der Waals surface area contributed by atoms with Gasteiger partial charge in [0.25, 0.3) is 0 Å². The predicted octanol–water partition coefficient (Wildman–Crippen LogP) is 6.34. The maximum atomic E-state index is 10.8. The first-order valence-corrected chi connectivity index (χ1v) is 10.9. The zero-order valence-corrected chi connectivity index (χ0v) is 15.7. The van der Waals surface area contributed by atoms with E-state index in [0.717, 1.165) is 55.3 Å². The maximum absolute atomic E-state index is 10.8. The molecule has 0 radical (unpaired) electrons. The molecule has 3 aliphatic rings. The quantitative estimate of drug-likeness (QED) is 0.626. The van der Waals surface area contributed by atoms with Gasteiger partial charge >= 0.3 is 0 Å². The maximum Gasteiger partial charge on any atom is 0.0650 e. The zero-order valence-electron chi connectivity index (χ0n) is 15.7. The third-order valence-electron chi connectivity index (χ3n) is 7.77. The normalized spacial score (nSPS) is 44.7. The summed E-state index contributed by atoms with van der Waals surface area (Å²) in [5.41, 5.74) is -0.305. The van der Waals surface area contributed by atoms with Gasteiger partial charge in [-0.2, -0.15) is 0 Å². The summed E-state index contributed by atoms with van der Waals surface area (Å²) in [4.78, 5) is 0. The topological polar surface area (TPSA) is 20.2 Å². The molecule has 0 spiro atoms. The average Bonchev–Trinajstić information content (AvgIpc) is 2.55. The van der Waals surface area contributed by atoms with Crippen LogP contribution in [0.1, 0.15) is 104 Å². The molecule has 3 fully saturated rings. The fourth-order valence-electron chi connectivity index (χ4n) is 6.51. The van der Waals surface area contributed by atoms with E-state index >= 15 is 0 Å². The first-order chi connectivity index (χ1) is 11.1. The van der Waals surface area contributed by atoms with Crippen LogP contribution in [-0.2, 0) is 0 Å². The summed E-state index contributed by atoms with van der Waals surface area (Å²) in [5.74, 6) is 4.90. The molecule has 3 saturated carbocycles. The van der Waals surface area contributed by atoms with Gasteiger partial charge in [-0.05, 0) is 87.4 Å². The summed E-state index contributed by atoms with van der Waals surface area (Å²) in [5, 5.41) is 10.8. The summed E-state index contributed by atoms with van der Waals surface area (Å²) in [7, 11) is 0. The SMILES string of the molecule is CCCC1CCC(C2CC[C@H]3C[C@@](O)(CCC)CC[C@H]3C2)CC1. The Kier molecular flexibility index (Phi) is 6.10. The molecule has 4 atom stereocenters. The van der Waals surface area contributed by atoms with Crippen molar-refractivity contribution in [1.29, 1.82) is 0 Å². The standard InChI is InChI=1S/C22H40O/c1-3-5-17-6-8-18(9-7-17)19-10-11-21-16-22(23,13-4-2)14-12-20(21)15-19/h17-21,23H,3-16H2,1-2H3/t17?,18?,19?,20-,21-,22+/m0/s1. The minimum Gasteiger partial charge on any atom is -0.390 e. The lowest BCUT2D eigenvalue weighted by molar-refractivity contribution is -0.0614. The lowest BCUT2D eigenvalue weighted by Gasteiger charge is -2.48. The highest BCUT2D eigenvalue weighted by Gasteiger charge is 2.43. The Morgan fingerprint density at radius 3 is 2.13 bits per heavy atom. The van der Waals surface area contributed by atoms with Crippen LogP contribution in [0.15, 0.2) is 0 Å². The molecule has 0 heterocycles. The van der Waals surface area contributed by atoms with Crippen LogP contribution in [0.3, 0.4) is 0 Å². The molecule has 1 unspecified atom stereocenters. The Balaban J connectivity index is 1.48. The van der Waals surface area contributed by atoms with E-state index in [0.29, 0.717) is 0 Å². The molecule has 3 rings (SSSR count). The fourth-order valence-corrected chi connectivity index (χ4v) is 6.51. The van der Waals surface area contributed by atoms with Gasteiger partial charge in [0.2, 0.25) is 0 Å². The molecule has 3 aliphatic carbocycles. The molecule has 1 heteroatoms. The van der Waals surface area contributed by atoms with E-state index in [1.165, 1.54) is 64.2 Å². The van der Waals surface area contributed by atoms with E-state index in [9.17, 15) is 5.11 Å². The highest BCUT2D eigenvalue weighted by Crippen LogP contribution is 2.50. The summed E-state index contributed by atoms with van der Waals surface area (Å²) >= 11 is 0. The molecule has 1 nitrogen and oxygen atoms in total. The molecule has 0 saturated heterocycles. The molecule has 1 N–H and O–H groups in total. The number of fused-ring (bicyclic) bond motifs is 1. The molecule has 0 aliphatic heterocycles. The van der Waals surface area contributed by atoms with Gasteiger partial charge in [0, 0.05) is 0 Å². The third kappa shape index (κ3) is 4.33. The number of hydrogen-bond donors (Lipinski definition) is 1. The van der Waals surface area contributed by atoms with Crippen LogP contribution in [0.25, 0.3) is 0 Å². The molecule has 0 aromatic heterocycles. The van der Waals surface area contributed by atoms with E-state index < -0.39 is 0 Å². The van der Waals surface area contributed by atoms with Crippen LogP contribution in [0.2, 0.25) is 0 Å². The van der Waals surface area contributed by atoms with E-state index in [-0.39, 0.29) is 5.60 Å². The monoisotopic (exact) mass is 320 g/mol. The van der Waals surface area contributed by atoms with Crippen molar-refractivity contribution in [2.45, 2.75) is 109 Å². The van der Waals surface area contributed by atoms with Crippen molar-refractivity contribution in [2.24, 2.45) is 29.6 Å². The summed E-state index contributed by atoms with van der Waals surface area (Å²) in [6.07, 6.45) is 19.0. The predicted molar refractivity (Wildman–Crippen MR) is 98.4 cm³/mol. The van der Waals surface area contributed by atoms with Crippen LogP contribution in [0, 0.1) is 29.6 Å². The van der Waals surface area contributed by atoms with Gasteiger partial charge in [0.05, 0.1) is 5.60 Å². The van der Waals surface area contributed by atoms with Crippen molar-refractivity contribution in [2.75, 3.05) is 0 Å². The average molecular weight is 321 g/mol. The summed E-state index contributed by atoms with van der Waals surface area (Å²) in [6.45, 7) is 4.56. The Morgan fingerprint density at radius 2 is 1.43 bits per heavy atom. The Hall–Kier alpha value is -0.0400. The van der Waals surface area contributed by atoms with E-state index in [1.807, 2.05) is 0 Å². The first-order valence-electron chi connectivity index (χ1n) is 10.9. The number of hydrogen-bond acceptors (Lipinski definition) is 1. The third-order valence-corrected chi connectivity index (χ3v) is 7.77. The van der Waals surface area contributed by atoms with E-state index in [4.69, 9.17) is 0 Å². The highest BCUT2D eigenvalue weighted by atomic mass is 16.3. The second-order valence-electron chi connectivity index (χ2n) is 9.38. The second kappa shape index (κ2) is 7.89. The van der Waals surface area contributed by atoms with Gasteiger partial charge in [-0.3, -0.25) is 0 Å². The molecule has 0 bridgehead atoms. The van der Waals surface area contributed by atoms with Crippen LogP contribution in [0.5, 0.6) is 0 Å².